The zero-order valence-corrected chi connectivity index (χ0v) is 8.47. The van der Waals surface area contributed by atoms with Gasteiger partial charge in [-0.3, -0.25) is 9.78 Å². The molecule has 2 aromatic heterocycles. The molecule has 2 rings (SSSR count). The number of aromatic nitrogens is 3. The summed E-state index contributed by atoms with van der Waals surface area (Å²) in [6.45, 7) is 1.85. The number of hydrogen-bond acceptors (Lipinski definition) is 4. The highest BCUT2D eigenvalue weighted by molar-refractivity contribution is 5.80. The Morgan fingerprint density at radius 3 is 2.87 bits per heavy atom. The van der Waals surface area contributed by atoms with Crippen molar-refractivity contribution in [3.63, 3.8) is 0 Å². The average Bonchev–Trinajstić information content (AvgIpc) is 2.29. The summed E-state index contributed by atoms with van der Waals surface area (Å²) in [5.41, 5.74) is 2.11. The zero-order chi connectivity index (χ0) is 10.7. The van der Waals surface area contributed by atoms with E-state index in [1.807, 2.05) is 19.1 Å². The van der Waals surface area contributed by atoms with E-state index in [1.54, 1.807) is 12.4 Å². The van der Waals surface area contributed by atoms with Gasteiger partial charge in [-0.1, -0.05) is 6.92 Å². The average molecular weight is 201 g/mol. The van der Waals surface area contributed by atoms with Crippen LogP contribution >= 0.6 is 0 Å². The van der Waals surface area contributed by atoms with Crippen molar-refractivity contribution in [3.05, 3.63) is 30.2 Å². The van der Waals surface area contributed by atoms with Crippen LogP contribution in [0.15, 0.2) is 24.5 Å². The minimum Gasteiger partial charge on any atom is -0.299 e. The predicted molar refractivity (Wildman–Crippen MR) is 56.3 cm³/mol. The minimum absolute atomic E-state index is 0.186. The Kier molecular flexibility index (Phi) is 2.67. The van der Waals surface area contributed by atoms with Gasteiger partial charge in [-0.25, -0.2) is 9.97 Å². The van der Waals surface area contributed by atoms with Crippen LogP contribution in [0.5, 0.6) is 0 Å². The van der Waals surface area contributed by atoms with Gasteiger partial charge < -0.3 is 0 Å². The van der Waals surface area contributed by atoms with Gasteiger partial charge in [0.1, 0.15) is 11.3 Å². The third-order valence-electron chi connectivity index (χ3n) is 2.16. The normalized spacial score (nSPS) is 10.5. The van der Waals surface area contributed by atoms with Crippen molar-refractivity contribution in [1.82, 2.24) is 15.0 Å². The summed E-state index contributed by atoms with van der Waals surface area (Å²) < 4.78 is 0. The molecule has 0 radical (unpaired) electrons. The topological polar surface area (TPSA) is 55.7 Å². The highest BCUT2D eigenvalue weighted by Crippen LogP contribution is 2.07. The van der Waals surface area contributed by atoms with Gasteiger partial charge in [0, 0.05) is 25.2 Å². The van der Waals surface area contributed by atoms with E-state index >= 15 is 0 Å². The lowest BCUT2D eigenvalue weighted by Crippen LogP contribution is -2.03. The van der Waals surface area contributed by atoms with Crippen LogP contribution in [0.2, 0.25) is 0 Å². The van der Waals surface area contributed by atoms with E-state index in [0.29, 0.717) is 18.5 Å². The lowest BCUT2D eigenvalue weighted by atomic mass is 10.1. The lowest BCUT2D eigenvalue weighted by Gasteiger charge is -1.99. The maximum Gasteiger partial charge on any atom is 0.178 e. The van der Waals surface area contributed by atoms with Gasteiger partial charge >= 0.3 is 0 Å². The summed E-state index contributed by atoms with van der Waals surface area (Å²) in [5, 5.41) is 0. The summed E-state index contributed by atoms with van der Waals surface area (Å²) in [5.74, 6) is 0.186. The Morgan fingerprint density at radius 2 is 2.07 bits per heavy atom. The molecular weight excluding hydrogens is 190 g/mol. The number of ketones is 1. The molecule has 0 atom stereocenters. The summed E-state index contributed by atoms with van der Waals surface area (Å²) in [6, 6.07) is 3.66. The fourth-order valence-corrected chi connectivity index (χ4v) is 1.32. The highest BCUT2D eigenvalue weighted by Gasteiger charge is 2.04. The SMILES string of the molecule is CCC(=O)Cc1ccc2nccnc2n1. The Hall–Kier alpha value is -1.84. The van der Waals surface area contributed by atoms with Gasteiger partial charge in [-0.05, 0) is 12.1 Å². The number of carbonyl (C=O) groups excluding carboxylic acids is 1. The minimum atomic E-state index is 0.186. The molecule has 0 N–H and O–H groups in total. The molecule has 0 saturated carbocycles. The van der Waals surface area contributed by atoms with Gasteiger partial charge in [0.2, 0.25) is 0 Å². The van der Waals surface area contributed by atoms with E-state index in [0.717, 1.165) is 11.2 Å². The van der Waals surface area contributed by atoms with Crippen LogP contribution in [0, 0.1) is 0 Å². The zero-order valence-electron chi connectivity index (χ0n) is 8.47. The number of pyridine rings is 1. The summed E-state index contributed by atoms with van der Waals surface area (Å²) in [4.78, 5) is 23.7. The molecule has 4 nitrogen and oxygen atoms in total. The van der Waals surface area contributed by atoms with Crippen molar-refractivity contribution in [1.29, 1.82) is 0 Å². The molecule has 0 bridgehead atoms. The third-order valence-corrected chi connectivity index (χ3v) is 2.16. The van der Waals surface area contributed by atoms with Crippen molar-refractivity contribution in [2.24, 2.45) is 0 Å². The van der Waals surface area contributed by atoms with E-state index in [9.17, 15) is 4.79 Å². The van der Waals surface area contributed by atoms with Gasteiger partial charge in [0.25, 0.3) is 0 Å². The Morgan fingerprint density at radius 1 is 1.27 bits per heavy atom. The molecule has 0 aliphatic carbocycles. The van der Waals surface area contributed by atoms with Gasteiger partial charge in [-0.2, -0.15) is 0 Å². The number of hydrogen-bond donors (Lipinski definition) is 0. The number of carbonyl (C=O) groups is 1. The van der Waals surface area contributed by atoms with Crippen LogP contribution in [0.4, 0.5) is 0 Å². The highest BCUT2D eigenvalue weighted by atomic mass is 16.1. The van der Waals surface area contributed by atoms with E-state index < -0.39 is 0 Å². The molecule has 0 spiro atoms. The first kappa shape index (κ1) is 9.71. The number of nitrogens with zero attached hydrogens (tertiary/aromatic N) is 3. The van der Waals surface area contributed by atoms with Crippen LogP contribution in [-0.2, 0) is 11.2 Å². The van der Waals surface area contributed by atoms with Crippen molar-refractivity contribution in [2.45, 2.75) is 19.8 Å². The Bertz CT molecular complexity index is 496. The van der Waals surface area contributed by atoms with Crippen molar-refractivity contribution in [3.8, 4) is 0 Å². The molecule has 0 unspecified atom stereocenters. The molecular formula is C11H11N3O. The largest absolute Gasteiger partial charge is 0.299 e. The molecule has 0 amide bonds. The third kappa shape index (κ3) is 2.15. The maximum absolute atomic E-state index is 11.2. The van der Waals surface area contributed by atoms with Gasteiger partial charge in [0.15, 0.2) is 5.65 Å². The molecule has 0 aliphatic heterocycles. The van der Waals surface area contributed by atoms with Crippen LogP contribution in [0.25, 0.3) is 11.2 Å². The number of Topliss-reactive ketones (excluding diaryl/α,β-unsaturated/α-hetero) is 1. The van der Waals surface area contributed by atoms with Crippen molar-refractivity contribution >= 4 is 16.9 Å². The van der Waals surface area contributed by atoms with Gasteiger partial charge in [-0.15, -0.1) is 0 Å². The number of fused-ring (bicyclic) bond motifs is 1. The first-order chi connectivity index (χ1) is 7.29. The van der Waals surface area contributed by atoms with E-state index in [4.69, 9.17) is 0 Å². The maximum atomic E-state index is 11.2. The molecule has 4 heteroatoms. The molecule has 2 heterocycles. The van der Waals surface area contributed by atoms with Crippen molar-refractivity contribution < 1.29 is 4.79 Å². The Balaban J connectivity index is 2.34. The van der Waals surface area contributed by atoms with Gasteiger partial charge in [0.05, 0.1) is 5.69 Å². The second kappa shape index (κ2) is 4.13. The second-order valence-electron chi connectivity index (χ2n) is 3.27. The first-order valence-corrected chi connectivity index (χ1v) is 4.88. The summed E-state index contributed by atoms with van der Waals surface area (Å²) in [6.07, 6.45) is 4.14. The molecule has 76 valence electrons. The van der Waals surface area contributed by atoms with Crippen LogP contribution in [0.1, 0.15) is 19.0 Å². The molecule has 0 aromatic carbocycles. The predicted octanol–water partition coefficient (Wildman–Crippen LogP) is 1.55. The molecule has 15 heavy (non-hydrogen) atoms. The molecule has 0 aliphatic rings. The monoisotopic (exact) mass is 201 g/mol. The summed E-state index contributed by atoms with van der Waals surface area (Å²) in [7, 11) is 0. The number of rotatable bonds is 3. The second-order valence-corrected chi connectivity index (χ2v) is 3.27. The smallest absolute Gasteiger partial charge is 0.178 e. The first-order valence-electron chi connectivity index (χ1n) is 4.88. The lowest BCUT2D eigenvalue weighted by molar-refractivity contribution is -0.118. The van der Waals surface area contributed by atoms with Crippen LogP contribution < -0.4 is 0 Å². The molecule has 2 aromatic rings. The quantitative estimate of drug-likeness (QED) is 0.756. The van der Waals surface area contributed by atoms with E-state index in [-0.39, 0.29) is 5.78 Å². The van der Waals surface area contributed by atoms with E-state index in [1.165, 1.54) is 0 Å². The molecule has 0 fully saturated rings. The van der Waals surface area contributed by atoms with Crippen LogP contribution in [-0.4, -0.2) is 20.7 Å². The fraction of sp³-hybridized carbons (Fsp3) is 0.273. The summed E-state index contributed by atoms with van der Waals surface area (Å²) >= 11 is 0. The standard InChI is InChI=1S/C11H11N3O/c1-2-9(15)7-8-3-4-10-11(14-8)13-6-5-12-10/h3-6H,2,7H2,1H3. The fourth-order valence-electron chi connectivity index (χ4n) is 1.32. The van der Waals surface area contributed by atoms with Crippen LogP contribution in [0.3, 0.4) is 0 Å². The molecule has 0 saturated heterocycles. The Labute approximate surface area is 87.4 Å². The van der Waals surface area contributed by atoms with E-state index in [2.05, 4.69) is 15.0 Å². The van der Waals surface area contributed by atoms with Crippen molar-refractivity contribution in [2.75, 3.05) is 0 Å².